The van der Waals surface area contributed by atoms with Crippen molar-refractivity contribution in [2.45, 2.75) is 66.8 Å². The van der Waals surface area contributed by atoms with E-state index in [9.17, 15) is 19.2 Å². The zero-order chi connectivity index (χ0) is 23.3. The molecule has 0 spiro atoms. The van der Waals surface area contributed by atoms with Crippen LogP contribution in [-0.4, -0.2) is 43.0 Å². The monoisotopic (exact) mass is 452 g/mol. The molecule has 0 bridgehead atoms. The fourth-order valence-electron chi connectivity index (χ4n) is 3.15. The minimum Gasteiger partial charge on any atom is -0.462 e. The van der Waals surface area contributed by atoms with Gasteiger partial charge in [0.2, 0.25) is 5.91 Å². The maximum atomic E-state index is 12.5. The summed E-state index contributed by atoms with van der Waals surface area (Å²) in [5.74, 6) is -1.51. The summed E-state index contributed by atoms with van der Waals surface area (Å²) in [4.78, 5) is 50.1. The van der Waals surface area contributed by atoms with E-state index >= 15 is 0 Å². The Bertz CT molecular complexity index is 855. The molecule has 172 valence electrons. The molecule has 2 rings (SSSR count). The molecule has 1 aromatic rings. The number of fused-ring (bicyclic) bond motifs is 1. The Balaban J connectivity index is 2.02. The van der Waals surface area contributed by atoms with Gasteiger partial charge in [-0.15, -0.1) is 11.3 Å². The fraction of sp³-hybridized carbons (Fsp3) is 0.636. The highest BCUT2D eigenvalue weighted by molar-refractivity contribution is 7.17. The molecule has 1 aliphatic carbocycles. The van der Waals surface area contributed by atoms with Crippen molar-refractivity contribution < 1.29 is 28.7 Å². The highest BCUT2D eigenvalue weighted by atomic mass is 32.1. The summed E-state index contributed by atoms with van der Waals surface area (Å²) < 4.78 is 10.2. The highest BCUT2D eigenvalue weighted by Gasteiger charge is 2.30. The SMILES string of the molecule is CCOC(=O)c1c(NC(=O)COC(=O)[C@H](C)NC(=O)C(C)(C)C)sc2c1CC[C@@H](C)C2. The molecule has 1 aromatic heterocycles. The van der Waals surface area contributed by atoms with E-state index < -0.39 is 35.9 Å². The van der Waals surface area contributed by atoms with E-state index in [1.807, 2.05) is 0 Å². The molecule has 1 heterocycles. The Kier molecular flexibility index (Phi) is 8.22. The van der Waals surface area contributed by atoms with Crippen molar-refractivity contribution in [3.63, 3.8) is 0 Å². The number of ether oxygens (including phenoxy) is 2. The van der Waals surface area contributed by atoms with Gasteiger partial charge >= 0.3 is 11.9 Å². The minimum absolute atomic E-state index is 0.239. The van der Waals surface area contributed by atoms with Gasteiger partial charge in [-0.3, -0.25) is 9.59 Å². The lowest BCUT2D eigenvalue weighted by molar-refractivity contribution is -0.150. The summed E-state index contributed by atoms with van der Waals surface area (Å²) in [5.41, 5.74) is 0.692. The summed E-state index contributed by atoms with van der Waals surface area (Å²) in [7, 11) is 0. The van der Waals surface area contributed by atoms with Crippen molar-refractivity contribution in [3.8, 4) is 0 Å². The quantitative estimate of drug-likeness (QED) is 0.615. The first-order valence-corrected chi connectivity index (χ1v) is 11.3. The van der Waals surface area contributed by atoms with Gasteiger partial charge in [0.05, 0.1) is 12.2 Å². The topological polar surface area (TPSA) is 111 Å². The van der Waals surface area contributed by atoms with Gasteiger partial charge in [0.25, 0.3) is 5.91 Å². The predicted octanol–water partition coefficient (Wildman–Crippen LogP) is 3.08. The number of rotatable bonds is 7. The van der Waals surface area contributed by atoms with Gasteiger partial charge in [0.1, 0.15) is 11.0 Å². The molecule has 0 saturated carbocycles. The van der Waals surface area contributed by atoms with Crippen molar-refractivity contribution in [1.29, 1.82) is 0 Å². The summed E-state index contributed by atoms with van der Waals surface area (Å²) in [6.45, 7) is 10.3. The van der Waals surface area contributed by atoms with Gasteiger partial charge in [0, 0.05) is 10.3 Å². The lowest BCUT2D eigenvalue weighted by Crippen LogP contribution is -2.45. The van der Waals surface area contributed by atoms with Crippen molar-refractivity contribution >= 4 is 40.1 Å². The molecule has 8 nitrogen and oxygen atoms in total. The van der Waals surface area contributed by atoms with E-state index in [0.29, 0.717) is 16.5 Å². The third kappa shape index (κ3) is 6.53. The highest BCUT2D eigenvalue weighted by Crippen LogP contribution is 2.40. The number of anilines is 1. The van der Waals surface area contributed by atoms with Crippen LogP contribution >= 0.6 is 11.3 Å². The Hall–Kier alpha value is -2.42. The summed E-state index contributed by atoms with van der Waals surface area (Å²) in [6, 6.07) is -0.884. The van der Waals surface area contributed by atoms with E-state index in [1.54, 1.807) is 27.7 Å². The molecule has 0 radical (unpaired) electrons. The maximum Gasteiger partial charge on any atom is 0.341 e. The van der Waals surface area contributed by atoms with Crippen LogP contribution in [0.2, 0.25) is 0 Å². The second-order valence-corrected chi connectivity index (χ2v) is 9.98. The zero-order valence-corrected chi connectivity index (χ0v) is 19.9. The molecular weight excluding hydrogens is 420 g/mol. The number of thiophene rings is 1. The van der Waals surface area contributed by atoms with Crippen molar-refractivity contribution in [1.82, 2.24) is 5.32 Å². The van der Waals surface area contributed by atoms with Gasteiger partial charge in [-0.2, -0.15) is 0 Å². The maximum absolute atomic E-state index is 12.5. The summed E-state index contributed by atoms with van der Waals surface area (Å²) >= 11 is 1.37. The largest absolute Gasteiger partial charge is 0.462 e. The molecule has 2 amide bonds. The van der Waals surface area contributed by atoms with Crippen LogP contribution in [0.15, 0.2) is 0 Å². The summed E-state index contributed by atoms with van der Waals surface area (Å²) in [5, 5.41) is 5.68. The third-order valence-electron chi connectivity index (χ3n) is 4.97. The average Bonchev–Trinajstić information content (AvgIpc) is 3.02. The zero-order valence-electron chi connectivity index (χ0n) is 19.0. The molecule has 0 aliphatic heterocycles. The van der Waals surface area contributed by atoms with Crippen molar-refractivity contribution in [2.24, 2.45) is 11.3 Å². The smallest absolute Gasteiger partial charge is 0.341 e. The standard InChI is InChI=1S/C22H32N2O6S/c1-7-29-20(27)17-14-9-8-12(2)10-15(14)31-18(17)24-16(25)11-30-19(26)13(3)23-21(28)22(4,5)6/h12-13H,7-11H2,1-6H3,(H,23,28)(H,24,25)/t12-,13+/m1/s1. The van der Waals surface area contributed by atoms with E-state index in [1.165, 1.54) is 18.3 Å². The first-order valence-electron chi connectivity index (χ1n) is 10.5. The average molecular weight is 453 g/mol. The third-order valence-corrected chi connectivity index (χ3v) is 6.14. The number of carbonyl (C=O) groups excluding carboxylic acids is 4. The van der Waals surface area contributed by atoms with Gasteiger partial charge in [0.15, 0.2) is 6.61 Å². The van der Waals surface area contributed by atoms with Crippen molar-refractivity contribution in [3.05, 3.63) is 16.0 Å². The van der Waals surface area contributed by atoms with Crippen molar-refractivity contribution in [2.75, 3.05) is 18.5 Å². The van der Waals surface area contributed by atoms with Gasteiger partial charge in [-0.05, 0) is 44.6 Å². The van der Waals surface area contributed by atoms with Gasteiger partial charge in [-0.1, -0.05) is 27.7 Å². The van der Waals surface area contributed by atoms with Gasteiger partial charge in [-0.25, -0.2) is 9.59 Å². The molecule has 9 heteroatoms. The molecule has 0 saturated heterocycles. The number of nitrogens with one attached hydrogen (secondary N) is 2. The molecular formula is C22H32N2O6S. The van der Waals surface area contributed by atoms with Crippen LogP contribution in [-0.2, 0) is 36.7 Å². The molecule has 2 atom stereocenters. The first-order chi connectivity index (χ1) is 14.4. The van der Waals surface area contributed by atoms with E-state index in [-0.39, 0.29) is 12.5 Å². The number of carbonyl (C=O) groups is 4. The molecule has 31 heavy (non-hydrogen) atoms. The number of hydrogen-bond donors (Lipinski definition) is 2. The van der Waals surface area contributed by atoms with Crippen LogP contribution in [0.1, 0.15) is 68.8 Å². The Morgan fingerprint density at radius 1 is 1.19 bits per heavy atom. The van der Waals surface area contributed by atoms with Crippen LogP contribution < -0.4 is 10.6 Å². The van der Waals surface area contributed by atoms with Crippen LogP contribution in [0.3, 0.4) is 0 Å². The lowest BCUT2D eigenvalue weighted by Gasteiger charge is -2.20. The molecule has 0 fully saturated rings. The second-order valence-electron chi connectivity index (χ2n) is 8.88. The second kappa shape index (κ2) is 10.3. The van der Waals surface area contributed by atoms with Crippen LogP contribution in [0.5, 0.6) is 0 Å². The molecule has 1 aliphatic rings. The summed E-state index contributed by atoms with van der Waals surface area (Å²) in [6.07, 6.45) is 2.58. The van der Waals surface area contributed by atoms with Crippen LogP contribution in [0.4, 0.5) is 5.00 Å². The minimum atomic E-state index is -0.884. The fourth-order valence-corrected chi connectivity index (χ4v) is 4.57. The molecule has 0 aromatic carbocycles. The molecule has 2 N–H and O–H groups in total. The van der Waals surface area contributed by atoms with Crippen LogP contribution in [0.25, 0.3) is 0 Å². The lowest BCUT2D eigenvalue weighted by atomic mass is 9.88. The van der Waals surface area contributed by atoms with Gasteiger partial charge < -0.3 is 20.1 Å². The Morgan fingerprint density at radius 3 is 2.48 bits per heavy atom. The number of amides is 2. The van der Waals surface area contributed by atoms with E-state index in [2.05, 4.69) is 17.6 Å². The Labute approximate surface area is 187 Å². The predicted molar refractivity (Wildman–Crippen MR) is 118 cm³/mol. The number of esters is 2. The van der Waals surface area contributed by atoms with E-state index in [4.69, 9.17) is 9.47 Å². The Morgan fingerprint density at radius 2 is 1.87 bits per heavy atom. The van der Waals surface area contributed by atoms with E-state index in [0.717, 1.165) is 29.7 Å². The molecule has 0 unspecified atom stereocenters. The number of hydrogen-bond acceptors (Lipinski definition) is 7. The van der Waals surface area contributed by atoms with Crippen LogP contribution in [0, 0.1) is 11.3 Å². The normalized spacial score (nSPS) is 16.6. The first kappa shape index (κ1) is 24.8.